The summed E-state index contributed by atoms with van der Waals surface area (Å²) in [5.41, 5.74) is 8.64. The molecule has 0 aliphatic carbocycles. The molecule has 2 heterocycles. The molecule has 3 N–H and O–H groups in total. The fourth-order valence-electron chi connectivity index (χ4n) is 3.16. The van der Waals surface area contributed by atoms with Crippen molar-refractivity contribution in [1.29, 1.82) is 0 Å². The minimum atomic E-state index is 0.781. The molecule has 1 fully saturated rings. The second kappa shape index (κ2) is 5.35. The average molecular weight is 272 g/mol. The molecule has 108 valence electrons. The van der Waals surface area contributed by atoms with E-state index in [0.29, 0.717) is 0 Å². The van der Waals surface area contributed by atoms with Crippen LogP contribution < -0.4 is 10.6 Å². The highest BCUT2D eigenvalue weighted by Gasteiger charge is 2.21. The van der Waals surface area contributed by atoms with E-state index in [9.17, 15) is 0 Å². The first kappa shape index (κ1) is 13.3. The number of nitrogens with zero attached hydrogens (tertiary/aromatic N) is 2. The van der Waals surface area contributed by atoms with Crippen LogP contribution in [0.15, 0.2) is 18.2 Å². The molecule has 1 aliphatic rings. The summed E-state index contributed by atoms with van der Waals surface area (Å²) in [7, 11) is 0. The molecule has 0 bridgehead atoms. The Morgan fingerprint density at radius 2 is 2.15 bits per heavy atom. The molecule has 0 radical (unpaired) electrons. The van der Waals surface area contributed by atoms with Gasteiger partial charge in [-0.3, -0.25) is 0 Å². The van der Waals surface area contributed by atoms with Crippen molar-refractivity contribution in [3.05, 3.63) is 18.2 Å². The summed E-state index contributed by atoms with van der Waals surface area (Å²) in [6.45, 7) is 6.87. The van der Waals surface area contributed by atoms with Crippen molar-refractivity contribution >= 4 is 22.7 Å². The molecule has 1 aliphatic heterocycles. The fraction of sp³-hybridized carbons (Fsp3) is 0.562. The van der Waals surface area contributed by atoms with E-state index >= 15 is 0 Å². The quantitative estimate of drug-likeness (QED) is 0.824. The van der Waals surface area contributed by atoms with E-state index in [2.05, 4.69) is 23.7 Å². The van der Waals surface area contributed by atoms with E-state index in [4.69, 9.17) is 10.7 Å². The maximum absolute atomic E-state index is 5.83. The normalized spacial score (nSPS) is 20.6. The number of aromatic amines is 1. The molecule has 0 amide bonds. The summed E-state index contributed by atoms with van der Waals surface area (Å²) in [6.07, 6.45) is 3.85. The van der Waals surface area contributed by atoms with E-state index in [1.54, 1.807) is 0 Å². The largest absolute Gasteiger partial charge is 0.399 e. The summed E-state index contributed by atoms with van der Waals surface area (Å²) < 4.78 is 0. The maximum atomic E-state index is 5.83. The van der Waals surface area contributed by atoms with Gasteiger partial charge in [-0.15, -0.1) is 0 Å². The topological polar surface area (TPSA) is 57.9 Å². The van der Waals surface area contributed by atoms with Crippen molar-refractivity contribution in [2.75, 3.05) is 23.7 Å². The van der Waals surface area contributed by atoms with E-state index in [1.165, 1.54) is 19.3 Å². The van der Waals surface area contributed by atoms with Crippen LogP contribution >= 0.6 is 0 Å². The van der Waals surface area contributed by atoms with Gasteiger partial charge in [-0.25, -0.2) is 4.98 Å². The highest BCUT2D eigenvalue weighted by Crippen LogP contribution is 2.27. The van der Waals surface area contributed by atoms with Crippen LogP contribution in [0.2, 0.25) is 0 Å². The smallest absolute Gasteiger partial charge is 0.203 e. The van der Waals surface area contributed by atoms with Gasteiger partial charge in [-0.1, -0.05) is 13.8 Å². The molecule has 20 heavy (non-hydrogen) atoms. The summed E-state index contributed by atoms with van der Waals surface area (Å²) >= 11 is 0. The van der Waals surface area contributed by atoms with Crippen LogP contribution in [0.1, 0.15) is 33.1 Å². The van der Waals surface area contributed by atoms with Crippen molar-refractivity contribution in [3.63, 3.8) is 0 Å². The number of aromatic nitrogens is 2. The summed E-state index contributed by atoms with van der Waals surface area (Å²) in [6, 6.07) is 5.85. The van der Waals surface area contributed by atoms with E-state index in [-0.39, 0.29) is 0 Å². The first-order valence-electron chi connectivity index (χ1n) is 7.63. The Kier molecular flexibility index (Phi) is 3.55. The number of anilines is 2. The van der Waals surface area contributed by atoms with Gasteiger partial charge in [0.25, 0.3) is 0 Å². The molecular formula is C16H24N4. The Labute approximate surface area is 120 Å². The molecule has 1 atom stereocenters. The van der Waals surface area contributed by atoms with Crippen LogP contribution in [-0.2, 0) is 0 Å². The Hall–Kier alpha value is -1.71. The lowest BCUT2D eigenvalue weighted by molar-refractivity contribution is 0.351. The van der Waals surface area contributed by atoms with Crippen LogP contribution in [0.3, 0.4) is 0 Å². The Bertz CT molecular complexity index is 587. The van der Waals surface area contributed by atoms with Gasteiger partial charge in [-0.05, 0) is 49.3 Å². The minimum absolute atomic E-state index is 0.781. The lowest BCUT2D eigenvalue weighted by Crippen LogP contribution is -2.25. The number of fused-ring (bicyclic) bond motifs is 1. The average Bonchev–Trinajstić information content (AvgIpc) is 2.67. The third-order valence-electron chi connectivity index (χ3n) is 4.51. The van der Waals surface area contributed by atoms with Crippen LogP contribution in [0, 0.1) is 11.8 Å². The maximum Gasteiger partial charge on any atom is 0.203 e. The highest BCUT2D eigenvalue weighted by atomic mass is 15.3. The van der Waals surface area contributed by atoms with Gasteiger partial charge in [0.15, 0.2) is 0 Å². The molecule has 1 aromatic carbocycles. The first-order valence-corrected chi connectivity index (χ1v) is 7.63. The van der Waals surface area contributed by atoms with Crippen LogP contribution in [-0.4, -0.2) is 23.1 Å². The minimum Gasteiger partial charge on any atom is -0.399 e. The molecule has 1 unspecified atom stereocenters. The van der Waals surface area contributed by atoms with Crippen molar-refractivity contribution in [1.82, 2.24) is 9.97 Å². The standard InChI is InChI=1S/C16H24N4/c1-11(2)12-4-3-8-20(9-7-12)16-18-14-6-5-13(17)10-15(14)19-16/h5-6,10-12H,3-4,7-9,17H2,1-2H3,(H,18,19). The zero-order valence-electron chi connectivity index (χ0n) is 12.4. The second-order valence-corrected chi connectivity index (χ2v) is 6.26. The molecule has 1 saturated heterocycles. The summed E-state index contributed by atoms with van der Waals surface area (Å²) in [5, 5.41) is 0. The van der Waals surface area contributed by atoms with Crippen molar-refractivity contribution in [2.45, 2.75) is 33.1 Å². The van der Waals surface area contributed by atoms with Crippen molar-refractivity contribution < 1.29 is 0 Å². The molecule has 4 nitrogen and oxygen atoms in total. The Morgan fingerprint density at radius 1 is 1.30 bits per heavy atom. The van der Waals surface area contributed by atoms with Crippen molar-refractivity contribution in [3.8, 4) is 0 Å². The van der Waals surface area contributed by atoms with E-state index < -0.39 is 0 Å². The Balaban J connectivity index is 1.80. The SMILES string of the molecule is CC(C)C1CCCN(c2nc3ccc(N)cc3[nH]2)CC1. The number of imidazole rings is 1. The molecule has 0 spiro atoms. The number of hydrogen-bond donors (Lipinski definition) is 2. The molecular weight excluding hydrogens is 248 g/mol. The van der Waals surface area contributed by atoms with Crippen LogP contribution in [0.25, 0.3) is 11.0 Å². The van der Waals surface area contributed by atoms with Gasteiger partial charge < -0.3 is 15.6 Å². The zero-order valence-corrected chi connectivity index (χ0v) is 12.4. The predicted molar refractivity (Wildman–Crippen MR) is 84.9 cm³/mol. The number of nitrogen functional groups attached to an aromatic ring is 1. The molecule has 2 aromatic rings. The van der Waals surface area contributed by atoms with Crippen LogP contribution in [0.5, 0.6) is 0 Å². The first-order chi connectivity index (χ1) is 9.63. The van der Waals surface area contributed by atoms with E-state index in [0.717, 1.165) is 47.6 Å². The number of rotatable bonds is 2. The lowest BCUT2D eigenvalue weighted by Gasteiger charge is -2.20. The number of nitrogens with two attached hydrogens (primary N) is 1. The van der Waals surface area contributed by atoms with Gasteiger partial charge in [0, 0.05) is 18.8 Å². The summed E-state index contributed by atoms with van der Waals surface area (Å²) in [4.78, 5) is 10.5. The summed E-state index contributed by atoms with van der Waals surface area (Å²) in [5.74, 6) is 2.63. The number of benzene rings is 1. The Morgan fingerprint density at radius 3 is 2.95 bits per heavy atom. The van der Waals surface area contributed by atoms with Gasteiger partial charge in [0.05, 0.1) is 11.0 Å². The van der Waals surface area contributed by atoms with Gasteiger partial charge in [-0.2, -0.15) is 0 Å². The monoisotopic (exact) mass is 272 g/mol. The number of hydrogen-bond acceptors (Lipinski definition) is 3. The third-order valence-corrected chi connectivity index (χ3v) is 4.51. The van der Waals surface area contributed by atoms with Gasteiger partial charge >= 0.3 is 0 Å². The van der Waals surface area contributed by atoms with Crippen molar-refractivity contribution in [2.24, 2.45) is 11.8 Å². The molecule has 3 rings (SSSR count). The number of nitrogens with one attached hydrogen (secondary N) is 1. The van der Waals surface area contributed by atoms with E-state index in [1.807, 2.05) is 18.2 Å². The molecule has 4 heteroatoms. The van der Waals surface area contributed by atoms with Crippen LogP contribution in [0.4, 0.5) is 11.6 Å². The predicted octanol–water partition coefficient (Wildman–Crippen LogP) is 3.41. The highest BCUT2D eigenvalue weighted by molar-refractivity contribution is 5.80. The van der Waals surface area contributed by atoms with Gasteiger partial charge in [0.1, 0.15) is 0 Å². The molecule has 0 saturated carbocycles. The number of H-pyrrole nitrogens is 1. The third kappa shape index (κ3) is 2.60. The second-order valence-electron chi connectivity index (χ2n) is 6.26. The molecule has 1 aromatic heterocycles. The lowest BCUT2D eigenvalue weighted by atomic mass is 9.89. The van der Waals surface area contributed by atoms with Gasteiger partial charge in [0.2, 0.25) is 5.95 Å². The zero-order chi connectivity index (χ0) is 14.1. The fourth-order valence-corrected chi connectivity index (χ4v) is 3.16.